The van der Waals surface area contributed by atoms with E-state index in [0.717, 1.165) is 17.1 Å². The van der Waals surface area contributed by atoms with E-state index < -0.39 is 0 Å². The molecule has 0 aliphatic rings. The van der Waals surface area contributed by atoms with Gasteiger partial charge >= 0.3 is 0 Å². The minimum absolute atomic E-state index is 0.161. The molecule has 0 aliphatic heterocycles. The summed E-state index contributed by atoms with van der Waals surface area (Å²) in [5, 5.41) is 0.599. The van der Waals surface area contributed by atoms with Gasteiger partial charge in [0.05, 0.1) is 13.2 Å². The number of nitrogen functional groups attached to an aromatic ring is 1. The van der Waals surface area contributed by atoms with Crippen LogP contribution in [-0.2, 0) is 5.75 Å². The van der Waals surface area contributed by atoms with Crippen LogP contribution in [0.5, 0.6) is 11.6 Å². The lowest BCUT2D eigenvalue weighted by Crippen LogP contribution is -2.05. The molecule has 0 aliphatic carbocycles. The van der Waals surface area contributed by atoms with Crippen LogP contribution in [0, 0.1) is 0 Å². The maximum Gasteiger partial charge on any atom is 0.219 e. The fraction of sp³-hybridized carbons (Fsp3) is 0.333. The van der Waals surface area contributed by atoms with Gasteiger partial charge in [-0.15, -0.1) is 0 Å². The number of aromatic nitrogens is 2. The van der Waals surface area contributed by atoms with Crippen LogP contribution in [0.4, 0.5) is 5.82 Å². The second kappa shape index (κ2) is 7.17. The first-order valence-electron chi connectivity index (χ1n) is 6.64. The average Bonchev–Trinajstić information content (AvgIpc) is 2.44. The van der Waals surface area contributed by atoms with Crippen LogP contribution in [0.3, 0.4) is 0 Å². The first-order valence-corrected chi connectivity index (χ1v) is 7.62. The SMILES string of the molecule is COc1cc(N)nc(SCc2cccc(OC(C)C)c2)n1. The Balaban J connectivity index is 2.04. The van der Waals surface area contributed by atoms with Crippen LogP contribution in [0.2, 0.25) is 0 Å². The van der Waals surface area contributed by atoms with Crippen LogP contribution >= 0.6 is 11.8 Å². The van der Waals surface area contributed by atoms with Crippen LogP contribution in [0.15, 0.2) is 35.5 Å². The third-order valence-electron chi connectivity index (χ3n) is 2.55. The molecule has 0 fully saturated rings. The van der Waals surface area contributed by atoms with Crippen LogP contribution < -0.4 is 15.2 Å². The summed E-state index contributed by atoms with van der Waals surface area (Å²) in [4.78, 5) is 8.44. The molecule has 5 nitrogen and oxygen atoms in total. The van der Waals surface area contributed by atoms with Crippen molar-refractivity contribution in [3.05, 3.63) is 35.9 Å². The van der Waals surface area contributed by atoms with Gasteiger partial charge in [0.2, 0.25) is 5.88 Å². The maximum atomic E-state index is 5.72. The van der Waals surface area contributed by atoms with Gasteiger partial charge in [-0.05, 0) is 31.5 Å². The topological polar surface area (TPSA) is 70.3 Å². The smallest absolute Gasteiger partial charge is 0.219 e. The fourth-order valence-corrected chi connectivity index (χ4v) is 2.52. The summed E-state index contributed by atoms with van der Waals surface area (Å²) in [6.45, 7) is 4.02. The molecule has 2 N–H and O–H groups in total. The minimum Gasteiger partial charge on any atom is -0.491 e. The van der Waals surface area contributed by atoms with Crippen molar-refractivity contribution in [2.45, 2.75) is 30.9 Å². The average molecular weight is 305 g/mol. The fourth-order valence-electron chi connectivity index (χ4n) is 1.72. The summed E-state index contributed by atoms with van der Waals surface area (Å²) in [6.07, 6.45) is 0.161. The quantitative estimate of drug-likeness (QED) is 0.653. The standard InChI is InChI=1S/C15H19N3O2S/c1-10(2)20-12-6-4-5-11(7-12)9-21-15-17-13(16)8-14(18-15)19-3/h4-8,10H,9H2,1-3H3,(H2,16,17,18). The third kappa shape index (κ3) is 4.82. The number of methoxy groups -OCH3 is 1. The first-order chi connectivity index (χ1) is 10.1. The molecule has 0 atom stereocenters. The Bertz CT molecular complexity index is 605. The number of ether oxygens (including phenoxy) is 2. The summed E-state index contributed by atoms with van der Waals surface area (Å²) < 4.78 is 10.8. The van der Waals surface area contributed by atoms with Gasteiger partial charge in [-0.2, -0.15) is 4.98 Å². The normalized spacial score (nSPS) is 10.7. The zero-order valence-corrected chi connectivity index (χ0v) is 13.2. The Hall–Kier alpha value is -1.95. The Labute approximate surface area is 128 Å². The molecule has 0 saturated carbocycles. The molecule has 1 heterocycles. The molecule has 2 rings (SSSR count). The summed E-state index contributed by atoms with van der Waals surface area (Å²) >= 11 is 1.51. The highest BCUT2D eigenvalue weighted by atomic mass is 32.2. The summed E-state index contributed by atoms with van der Waals surface area (Å²) in [6, 6.07) is 9.60. The lowest BCUT2D eigenvalue weighted by Gasteiger charge is -2.10. The molecule has 21 heavy (non-hydrogen) atoms. The number of nitrogens with two attached hydrogens (primary N) is 1. The third-order valence-corrected chi connectivity index (χ3v) is 3.47. The molecule has 112 valence electrons. The summed E-state index contributed by atoms with van der Waals surface area (Å²) in [5.41, 5.74) is 6.86. The highest BCUT2D eigenvalue weighted by Gasteiger charge is 2.05. The number of thioether (sulfide) groups is 1. The molecule has 0 unspecified atom stereocenters. The number of benzene rings is 1. The van der Waals surface area contributed by atoms with Crippen molar-refractivity contribution in [1.29, 1.82) is 0 Å². The molecule has 1 aromatic heterocycles. The minimum atomic E-state index is 0.161. The number of rotatable bonds is 6. The van der Waals surface area contributed by atoms with Crippen molar-refractivity contribution in [3.8, 4) is 11.6 Å². The van der Waals surface area contributed by atoms with Gasteiger partial charge in [0.15, 0.2) is 5.16 Å². The lowest BCUT2D eigenvalue weighted by atomic mass is 10.2. The molecule has 0 amide bonds. The summed E-state index contributed by atoms with van der Waals surface area (Å²) in [5.74, 6) is 2.49. The molecule has 1 aromatic carbocycles. The molecule has 0 spiro atoms. The molecule has 6 heteroatoms. The predicted molar refractivity (Wildman–Crippen MR) is 84.8 cm³/mol. The van der Waals surface area contributed by atoms with E-state index in [0.29, 0.717) is 16.9 Å². The Morgan fingerprint density at radius 1 is 1.24 bits per heavy atom. The number of anilines is 1. The van der Waals surface area contributed by atoms with Gasteiger partial charge in [-0.3, -0.25) is 0 Å². The van der Waals surface area contributed by atoms with E-state index in [1.807, 2.05) is 38.1 Å². The van der Waals surface area contributed by atoms with Crippen LogP contribution in [-0.4, -0.2) is 23.2 Å². The van der Waals surface area contributed by atoms with Gasteiger partial charge < -0.3 is 15.2 Å². The number of hydrogen-bond acceptors (Lipinski definition) is 6. The predicted octanol–water partition coefficient (Wildman–Crippen LogP) is 3.15. The van der Waals surface area contributed by atoms with Crippen LogP contribution in [0.1, 0.15) is 19.4 Å². The summed E-state index contributed by atoms with van der Waals surface area (Å²) in [7, 11) is 1.56. The molecular formula is C15H19N3O2S. The van der Waals surface area contributed by atoms with E-state index in [1.54, 1.807) is 13.2 Å². The zero-order chi connectivity index (χ0) is 15.2. The van der Waals surface area contributed by atoms with E-state index in [2.05, 4.69) is 9.97 Å². The van der Waals surface area contributed by atoms with E-state index in [9.17, 15) is 0 Å². The second-order valence-electron chi connectivity index (χ2n) is 4.72. The number of hydrogen-bond donors (Lipinski definition) is 1. The monoisotopic (exact) mass is 305 g/mol. The number of nitrogens with zero attached hydrogens (tertiary/aromatic N) is 2. The van der Waals surface area contributed by atoms with Gasteiger partial charge in [-0.25, -0.2) is 4.98 Å². The van der Waals surface area contributed by atoms with Gasteiger partial charge in [0.25, 0.3) is 0 Å². The van der Waals surface area contributed by atoms with E-state index in [-0.39, 0.29) is 6.10 Å². The Morgan fingerprint density at radius 3 is 2.76 bits per heavy atom. The van der Waals surface area contributed by atoms with E-state index in [1.165, 1.54) is 11.8 Å². The molecule has 2 aromatic rings. The van der Waals surface area contributed by atoms with Crippen molar-refractivity contribution < 1.29 is 9.47 Å². The Morgan fingerprint density at radius 2 is 2.05 bits per heavy atom. The van der Waals surface area contributed by atoms with Crippen LogP contribution in [0.25, 0.3) is 0 Å². The van der Waals surface area contributed by atoms with Crippen molar-refractivity contribution in [1.82, 2.24) is 9.97 Å². The van der Waals surface area contributed by atoms with Crippen molar-refractivity contribution in [2.75, 3.05) is 12.8 Å². The highest BCUT2D eigenvalue weighted by molar-refractivity contribution is 7.98. The zero-order valence-electron chi connectivity index (χ0n) is 12.4. The maximum absolute atomic E-state index is 5.72. The molecule has 0 saturated heterocycles. The van der Waals surface area contributed by atoms with Gasteiger partial charge in [0.1, 0.15) is 11.6 Å². The van der Waals surface area contributed by atoms with Gasteiger partial charge in [-0.1, -0.05) is 23.9 Å². The van der Waals surface area contributed by atoms with Crippen molar-refractivity contribution in [3.63, 3.8) is 0 Å². The molecule has 0 bridgehead atoms. The highest BCUT2D eigenvalue weighted by Crippen LogP contribution is 2.24. The molecular weight excluding hydrogens is 286 g/mol. The Kier molecular flexibility index (Phi) is 5.27. The largest absolute Gasteiger partial charge is 0.491 e. The van der Waals surface area contributed by atoms with E-state index >= 15 is 0 Å². The van der Waals surface area contributed by atoms with Gasteiger partial charge in [0, 0.05) is 11.8 Å². The lowest BCUT2D eigenvalue weighted by molar-refractivity contribution is 0.242. The van der Waals surface area contributed by atoms with Crippen molar-refractivity contribution in [2.24, 2.45) is 0 Å². The molecule has 0 radical (unpaired) electrons. The second-order valence-corrected chi connectivity index (χ2v) is 5.66. The van der Waals surface area contributed by atoms with Crippen molar-refractivity contribution >= 4 is 17.6 Å². The first kappa shape index (κ1) is 15.4. The van der Waals surface area contributed by atoms with E-state index in [4.69, 9.17) is 15.2 Å².